The molecule has 0 amide bonds. The second-order valence-electron chi connectivity index (χ2n) is 6.18. The number of nitrogens with zero attached hydrogens (tertiary/aromatic N) is 4. The molecule has 1 N–H and O–H groups in total. The van der Waals surface area contributed by atoms with E-state index in [9.17, 15) is 0 Å². The van der Waals surface area contributed by atoms with Crippen molar-refractivity contribution in [1.82, 2.24) is 19.7 Å². The predicted molar refractivity (Wildman–Crippen MR) is 86.5 cm³/mol. The van der Waals surface area contributed by atoms with Gasteiger partial charge in [0, 0.05) is 30.3 Å². The maximum Gasteiger partial charge on any atom is 0.136 e. The van der Waals surface area contributed by atoms with Gasteiger partial charge in [-0.15, -0.1) is 0 Å². The fourth-order valence-electron chi connectivity index (χ4n) is 2.23. The van der Waals surface area contributed by atoms with E-state index in [1.807, 2.05) is 16.9 Å². The quantitative estimate of drug-likeness (QED) is 0.936. The number of anilines is 1. The summed E-state index contributed by atoms with van der Waals surface area (Å²) in [5, 5.41) is 7.70. The van der Waals surface area contributed by atoms with Crippen LogP contribution in [0.25, 0.3) is 11.4 Å². The largest absolute Gasteiger partial charge is 0.370 e. The zero-order chi connectivity index (χ0) is 15.6. The van der Waals surface area contributed by atoms with Crippen molar-refractivity contribution >= 4 is 5.82 Å². The molecule has 0 saturated carbocycles. The highest BCUT2D eigenvalue weighted by atomic mass is 15.3. The van der Waals surface area contributed by atoms with Gasteiger partial charge in [0.05, 0.1) is 11.4 Å². The Kier molecular flexibility index (Phi) is 4.30. The third-order valence-corrected chi connectivity index (χ3v) is 3.42. The molecule has 0 aliphatic heterocycles. The number of nitrogens with one attached hydrogen (secondary N) is 1. The molecule has 2 rings (SSSR count). The van der Waals surface area contributed by atoms with E-state index in [0.717, 1.165) is 41.7 Å². The first-order valence-electron chi connectivity index (χ1n) is 7.53. The molecule has 2 aromatic rings. The minimum Gasteiger partial charge on any atom is -0.370 e. The Labute approximate surface area is 126 Å². The Morgan fingerprint density at radius 1 is 1.19 bits per heavy atom. The lowest BCUT2D eigenvalue weighted by molar-refractivity contribution is 0.545. The van der Waals surface area contributed by atoms with E-state index < -0.39 is 0 Å². The normalized spacial score (nSPS) is 11.7. The molecular formula is C16H25N5. The summed E-state index contributed by atoms with van der Waals surface area (Å²) in [5.74, 6) is 1.76. The van der Waals surface area contributed by atoms with Crippen molar-refractivity contribution in [3.8, 4) is 11.4 Å². The van der Waals surface area contributed by atoms with Crippen molar-refractivity contribution in [3.63, 3.8) is 0 Å². The third-order valence-electron chi connectivity index (χ3n) is 3.42. The van der Waals surface area contributed by atoms with Crippen molar-refractivity contribution in [1.29, 1.82) is 0 Å². The molecule has 0 saturated heterocycles. The topological polar surface area (TPSA) is 55.6 Å². The summed E-state index contributed by atoms with van der Waals surface area (Å²) >= 11 is 0. The molecule has 2 heterocycles. The van der Waals surface area contributed by atoms with E-state index in [1.165, 1.54) is 0 Å². The Bertz CT molecular complexity index is 622. The van der Waals surface area contributed by atoms with Gasteiger partial charge in [-0.25, -0.2) is 9.97 Å². The lowest BCUT2D eigenvalue weighted by Crippen LogP contribution is -2.19. The molecule has 0 fully saturated rings. The van der Waals surface area contributed by atoms with Gasteiger partial charge in [0.2, 0.25) is 0 Å². The van der Waals surface area contributed by atoms with Crippen LogP contribution in [0.3, 0.4) is 0 Å². The standard InChI is InChI=1S/C16H25N5/c1-7-17-14-11(3)13(12-9-10-18-21(12)8-2)19-15(20-14)16(4,5)6/h9-10H,7-8H2,1-6H3,(H,17,19,20). The highest BCUT2D eigenvalue weighted by molar-refractivity contribution is 5.65. The summed E-state index contributed by atoms with van der Waals surface area (Å²) in [7, 11) is 0. The molecule has 0 radical (unpaired) electrons. The molecule has 5 heteroatoms. The van der Waals surface area contributed by atoms with Crippen LogP contribution in [0, 0.1) is 6.92 Å². The molecule has 0 aliphatic carbocycles. The highest BCUT2D eigenvalue weighted by Crippen LogP contribution is 2.29. The maximum absolute atomic E-state index is 4.83. The first-order chi connectivity index (χ1) is 9.88. The lowest BCUT2D eigenvalue weighted by atomic mass is 9.95. The minimum absolute atomic E-state index is 0.0936. The Hall–Kier alpha value is -1.91. The van der Waals surface area contributed by atoms with Crippen molar-refractivity contribution in [2.45, 2.75) is 53.5 Å². The summed E-state index contributed by atoms with van der Waals surface area (Å²) in [5.41, 5.74) is 2.98. The second-order valence-corrected chi connectivity index (χ2v) is 6.18. The van der Waals surface area contributed by atoms with Gasteiger partial charge in [0.25, 0.3) is 0 Å². The molecule has 114 valence electrons. The summed E-state index contributed by atoms with van der Waals surface area (Å²) in [6.07, 6.45) is 1.82. The van der Waals surface area contributed by atoms with Crippen molar-refractivity contribution in [3.05, 3.63) is 23.7 Å². The average molecular weight is 287 g/mol. The molecule has 0 bridgehead atoms. The average Bonchev–Trinajstić information content (AvgIpc) is 2.88. The fourth-order valence-corrected chi connectivity index (χ4v) is 2.23. The number of aromatic nitrogens is 4. The monoisotopic (exact) mass is 287 g/mol. The molecule has 0 atom stereocenters. The van der Waals surface area contributed by atoms with Crippen LogP contribution in [0.2, 0.25) is 0 Å². The number of rotatable bonds is 4. The summed E-state index contributed by atoms with van der Waals surface area (Å²) in [6, 6.07) is 2.01. The van der Waals surface area contributed by atoms with Crippen LogP contribution < -0.4 is 5.32 Å². The van der Waals surface area contributed by atoms with Gasteiger partial charge < -0.3 is 5.32 Å². The Morgan fingerprint density at radius 2 is 1.90 bits per heavy atom. The molecule has 0 spiro atoms. The smallest absolute Gasteiger partial charge is 0.136 e. The van der Waals surface area contributed by atoms with E-state index in [1.54, 1.807) is 0 Å². The Morgan fingerprint density at radius 3 is 2.48 bits per heavy atom. The second kappa shape index (κ2) is 5.84. The van der Waals surface area contributed by atoms with E-state index in [-0.39, 0.29) is 5.41 Å². The Balaban J connectivity index is 2.66. The van der Waals surface area contributed by atoms with Crippen LogP contribution in [0.1, 0.15) is 46.0 Å². The van der Waals surface area contributed by atoms with Crippen LogP contribution in [0.15, 0.2) is 12.3 Å². The summed E-state index contributed by atoms with van der Waals surface area (Å²) < 4.78 is 1.97. The predicted octanol–water partition coefficient (Wildman–Crippen LogP) is 3.40. The van der Waals surface area contributed by atoms with Gasteiger partial charge in [-0.2, -0.15) is 5.10 Å². The van der Waals surface area contributed by atoms with E-state index >= 15 is 0 Å². The molecular weight excluding hydrogens is 262 g/mol. The van der Waals surface area contributed by atoms with E-state index in [2.05, 4.69) is 52.0 Å². The number of hydrogen-bond donors (Lipinski definition) is 1. The van der Waals surface area contributed by atoms with Crippen LogP contribution in [0.4, 0.5) is 5.82 Å². The van der Waals surface area contributed by atoms with Gasteiger partial charge in [-0.05, 0) is 26.8 Å². The molecule has 21 heavy (non-hydrogen) atoms. The summed E-state index contributed by atoms with van der Waals surface area (Å²) in [6.45, 7) is 14.3. The van der Waals surface area contributed by atoms with Gasteiger partial charge in [-0.3, -0.25) is 4.68 Å². The van der Waals surface area contributed by atoms with Crippen LogP contribution in [0.5, 0.6) is 0 Å². The van der Waals surface area contributed by atoms with Crippen LogP contribution in [-0.2, 0) is 12.0 Å². The number of aryl methyl sites for hydroxylation is 1. The maximum atomic E-state index is 4.83. The minimum atomic E-state index is -0.0936. The van der Waals surface area contributed by atoms with Gasteiger partial charge in [0.15, 0.2) is 0 Å². The van der Waals surface area contributed by atoms with E-state index in [4.69, 9.17) is 9.97 Å². The van der Waals surface area contributed by atoms with E-state index in [0.29, 0.717) is 0 Å². The zero-order valence-electron chi connectivity index (χ0n) is 13.9. The van der Waals surface area contributed by atoms with Crippen molar-refractivity contribution in [2.75, 3.05) is 11.9 Å². The van der Waals surface area contributed by atoms with Crippen LogP contribution >= 0.6 is 0 Å². The molecule has 2 aromatic heterocycles. The van der Waals surface area contributed by atoms with Gasteiger partial charge in [0.1, 0.15) is 11.6 Å². The van der Waals surface area contributed by atoms with Crippen molar-refractivity contribution in [2.24, 2.45) is 0 Å². The van der Waals surface area contributed by atoms with Gasteiger partial charge in [-0.1, -0.05) is 20.8 Å². The zero-order valence-corrected chi connectivity index (χ0v) is 13.9. The first kappa shape index (κ1) is 15.5. The fraction of sp³-hybridized carbons (Fsp3) is 0.562. The molecule has 0 aromatic carbocycles. The van der Waals surface area contributed by atoms with Gasteiger partial charge >= 0.3 is 0 Å². The SMILES string of the molecule is CCNc1nc(C(C)(C)C)nc(-c2ccnn2CC)c1C. The highest BCUT2D eigenvalue weighted by Gasteiger charge is 2.22. The summed E-state index contributed by atoms with van der Waals surface area (Å²) in [4.78, 5) is 9.53. The molecule has 0 aliphatic rings. The molecule has 5 nitrogen and oxygen atoms in total. The first-order valence-corrected chi connectivity index (χ1v) is 7.53. The molecule has 0 unspecified atom stereocenters. The third kappa shape index (κ3) is 3.06. The van der Waals surface area contributed by atoms with Crippen molar-refractivity contribution < 1.29 is 0 Å². The lowest BCUT2D eigenvalue weighted by Gasteiger charge is -2.21. The van der Waals surface area contributed by atoms with Crippen LogP contribution in [-0.4, -0.2) is 26.3 Å². The number of hydrogen-bond acceptors (Lipinski definition) is 4.